The molecule has 2 aliphatic rings. The molecule has 1 N–H and O–H groups in total. The third-order valence-corrected chi connectivity index (χ3v) is 5.20. The first-order valence-electron chi connectivity index (χ1n) is 9.04. The van der Waals surface area contributed by atoms with Gasteiger partial charge in [-0.1, -0.05) is 29.4 Å². The molecule has 1 aliphatic carbocycles. The Bertz CT molecular complexity index is 708. The molecule has 0 saturated carbocycles. The molecule has 25 heavy (non-hydrogen) atoms. The summed E-state index contributed by atoms with van der Waals surface area (Å²) in [7, 11) is 0. The number of piperazine rings is 1. The van der Waals surface area contributed by atoms with Gasteiger partial charge in [-0.2, -0.15) is 0 Å². The molecule has 1 saturated heterocycles. The summed E-state index contributed by atoms with van der Waals surface area (Å²) in [5.74, 6) is 0. The van der Waals surface area contributed by atoms with Crippen molar-refractivity contribution >= 4 is 6.03 Å². The molecule has 1 aromatic carbocycles. The highest BCUT2D eigenvalue weighted by molar-refractivity contribution is 5.75. The van der Waals surface area contributed by atoms with E-state index in [-0.39, 0.29) is 12.1 Å². The summed E-state index contributed by atoms with van der Waals surface area (Å²) in [5, 5.41) is 7.20. The number of urea groups is 1. The number of hydrogen-bond donors (Lipinski definition) is 1. The van der Waals surface area contributed by atoms with E-state index in [1.807, 2.05) is 11.0 Å². The van der Waals surface area contributed by atoms with Crippen molar-refractivity contribution in [2.24, 2.45) is 0 Å². The van der Waals surface area contributed by atoms with Crippen LogP contribution < -0.4 is 5.32 Å². The van der Waals surface area contributed by atoms with Crippen molar-refractivity contribution in [3.05, 3.63) is 53.4 Å². The maximum absolute atomic E-state index is 12.7. The average molecular weight is 340 g/mol. The molecule has 0 bridgehead atoms. The average Bonchev–Trinajstić information content (AvgIpc) is 3.16. The molecule has 6 heteroatoms. The van der Waals surface area contributed by atoms with Crippen LogP contribution in [0.4, 0.5) is 4.79 Å². The fourth-order valence-corrected chi connectivity index (χ4v) is 3.80. The second kappa shape index (κ2) is 7.27. The number of carbonyl (C=O) groups excluding carboxylic acids is 1. The van der Waals surface area contributed by atoms with E-state index in [2.05, 4.69) is 39.6 Å². The van der Waals surface area contributed by atoms with Gasteiger partial charge >= 0.3 is 6.03 Å². The first-order chi connectivity index (χ1) is 12.3. The van der Waals surface area contributed by atoms with Crippen molar-refractivity contribution < 1.29 is 9.32 Å². The first kappa shape index (κ1) is 16.1. The van der Waals surface area contributed by atoms with Gasteiger partial charge in [0, 0.05) is 38.8 Å². The fourth-order valence-electron chi connectivity index (χ4n) is 3.80. The van der Waals surface area contributed by atoms with Gasteiger partial charge < -0.3 is 14.7 Å². The molecule has 2 aromatic rings. The number of aryl methyl sites for hydroxylation is 1. The highest BCUT2D eigenvalue weighted by atomic mass is 16.5. The van der Waals surface area contributed by atoms with E-state index in [1.54, 1.807) is 6.26 Å². The van der Waals surface area contributed by atoms with E-state index >= 15 is 0 Å². The zero-order valence-electron chi connectivity index (χ0n) is 14.4. The summed E-state index contributed by atoms with van der Waals surface area (Å²) in [5.41, 5.74) is 3.60. The van der Waals surface area contributed by atoms with E-state index in [9.17, 15) is 4.79 Å². The predicted molar refractivity (Wildman–Crippen MR) is 94.0 cm³/mol. The van der Waals surface area contributed by atoms with Crippen LogP contribution in [-0.4, -0.2) is 47.2 Å². The highest BCUT2D eigenvalue weighted by Crippen LogP contribution is 2.29. The van der Waals surface area contributed by atoms with Crippen molar-refractivity contribution in [3.63, 3.8) is 0 Å². The molecule has 6 nitrogen and oxygen atoms in total. The summed E-state index contributed by atoms with van der Waals surface area (Å²) >= 11 is 0. The zero-order valence-corrected chi connectivity index (χ0v) is 14.4. The van der Waals surface area contributed by atoms with E-state index < -0.39 is 0 Å². The van der Waals surface area contributed by atoms with Gasteiger partial charge in [-0.25, -0.2) is 4.79 Å². The van der Waals surface area contributed by atoms with E-state index in [1.165, 1.54) is 11.1 Å². The number of nitrogens with zero attached hydrogens (tertiary/aromatic N) is 3. The molecule has 1 aliphatic heterocycles. The molecule has 0 radical (unpaired) electrons. The van der Waals surface area contributed by atoms with Gasteiger partial charge in [0.15, 0.2) is 0 Å². The van der Waals surface area contributed by atoms with Gasteiger partial charge in [-0.3, -0.25) is 4.90 Å². The van der Waals surface area contributed by atoms with Crippen LogP contribution >= 0.6 is 0 Å². The third kappa shape index (κ3) is 3.69. The quantitative estimate of drug-likeness (QED) is 0.933. The van der Waals surface area contributed by atoms with Crippen LogP contribution in [0.2, 0.25) is 0 Å². The Morgan fingerprint density at radius 1 is 1.20 bits per heavy atom. The molecule has 1 fully saturated rings. The third-order valence-electron chi connectivity index (χ3n) is 5.20. The summed E-state index contributed by atoms with van der Waals surface area (Å²) < 4.78 is 4.88. The van der Waals surface area contributed by atoms with Crippen LogP contribution in [0.1, 0.15) is 35.7 Å². The second-order valence-electron chi connectivity index (χ2n) is 6.85. The molecule has 2 amide bonds. The summed E-state index contributed by atoms with van der Waals surface area (Å²) in [6.07, 6.45) is 4.87. The summed E-state index contributed by atoms with van der Waals surface area (Å²) in [4.78, 5) is 16.9. The summed E-state index contributed by atoms with van der Waals surface area (Å²) in [6, 6.07) is 10.6. The standard InChI is InChI=1S/C19H24N4O2/c24-19(20-18-7-3-5-15-4-1-2-6-17(15)18)23-11-9-22(10-12-23)14-16-8-13-25-21-16/h1-2,4,6,8,13,18H,3,5,7,9-12,14H2,(H,20,24)/t18-/m0/s1. The minimum absolute atomic E-state index is 0.0581. The van der Waals surface area contributed by atoms with E-state index in [0.717, 1.165) is 57.7 Å². The number of nitrogens with one attached hydrogen (secondary N) is 1. The van der Waals surface area contributed by atoms with Crippen molar-refractivity contribution in [2.45, 2.75) is 31.8 Å². The number of aromatic nitrogens is 1. The van der Waals surface area contributed by atoms with Crippen LogP contribution in [0.3, 0.4) is 0 Å². The lowest BCUT2D eigenvalue weighted by atomic mass is 9.88. The topological polar surface area (TPSA) is 61.6 Å². The second-order valence-corrected chi connectivity index (χ2v) is 6.85. The highest BCUT2D eigenvalue weighted by Gasteiger charge is 2.26. The fraction of sp³-hybridized carbons (Fsp3) is 0.474. The lowest BCUT2D eigenvalue weighted by Gasteiger charge is -2.36. The van der Waals surface area contributed by atoms with Crippen molar-refractivity contribution in [1.82, 2.24) is 20.3 Å². The Balaban J connectivity index is 1.31. The molecule has 0 unspecified atom stereocenters. The minimum atomic E-state index is 0.0581. The smallest absolute Gasteiger partial charge is 0.317 e. The summed E-state index contributed by atoms with van der Waals surface area (Å²) in [6.45, 7) is 4.00. The Hall–Kier alpha value is -2.34. The maximum atomic E-state index is 12.7. The number of amides is 2. The molecule has 4 rings (SSSR count). The Kier molecular flexibility index (Phi) is 4.70. The predicted octanol–water partition coefficient (Wildman–Crippen LogP) is 2.58. The lowest BCUT2D eigenvalue weighted by Crippen LogP contribution is -2.52. The van der Waals surface area contributed by atoms with E-state index in [0.29, 0.717) is 0 Å². The van der Waals surface area contributed by atoms with Crippen LogP contribution in [0, 0.1) is 0 Å². The normalized spacial score (nSPS) is 21.0. The first-order valence-corrected chi connectivity index (χ1v) is 9.04. The van der Waals surface area contributed by atoms with Gasteiger partial charge in [0.05, 0.1) is 11.7 Å². The molecule has 0 spiro atoms. The van der Waals surface area contributed by atoms with Crippen LogP contribution in [0.5, 0.6) is 0 Å². The zero-order chi connectivity index (χ0) is 17.1. The number of rotatable bonds is 3. The van der Waals surface area contributed by atoms with Gasteiger partial charge in [0.25, 0.3) is 0 Å². The van der Waals surface area contributed by atoms with Gasteiger partial charge in [0.2, 0.25) is 0 Å². The van der Waals surface area contributed by atoms with Crippen molar-refractivity contribution in [2.75, 3.05) is 26.2 Å². The van der Waals surface area contributed by atoms with Gasteiger partial charge in [-0.05, 0) is 30.4 Å². The number of carbonyl (C=O) groups is 1. The Labute approximate surface area is 147 Å². The molecule has 132 valence electrons. The van der Waals surface area contributed by atoms with Crippen molar-refractivity contribution in [3.8, 4) is 0 Å². The molecule has 1 aromatic heterocycles. The Morgan fingerprint density at radius 3 is 2.84 bits per heavy atom. The molecule has 2 heterocycles. The van der Waals surface area contributed by atoms with Gasteiger partial charge in [0.1, 0.15) is 6.26 Å². The molecule has 1 atom stereocenters. The number of benzene rings is 1. The SMILES string of the molecule is O=C(N[C@H]1CCCc2ccccc21)N1CCN(Cc2ccon2)CC1. The largest absolute Gasteiger partial charge is 0.364 e. The van der Waals surface area contributed by atoms with Crippen LogP contribution in [0.15, 0.2) is 41.1 Å². The van der Waals surface area contributed by atoms with Crippen LogP contribution in [0.25, 0.3) is 0 Å². The van der Waals surface area contributed by atoms with Crippen molar-refractivity contribution in [1.29, 1.82) is 0 Å². The molecular formula is C19H24N4O2. The monoisotopic (exact) mass is 340 g/mol. The minimum Gasteiger partial charge on any atom is -0.364 e. The molecular weight excluding hydrogens is 316 g/mol. The lowest BCUT2D eigenvalue weighted by molar-refractivity contribution is 0.131. The Morgan fingerprint density at radius 2 is 2.04 bits per heavy atom. The van der Waals surface area contributed by atoms with Gasteiger partial charge in [-0.15, -0.1) is 0 Å². The number of fused-ring (bicyclic) bond motifs is 1. The van der Waals surface area contributed by atoms with E-state index in [4.69, 9.17) is 4.52 Å². The maximum Gasteiger partial charge on any atom is 0.317 e. The number of hydrogen-bond acceptors (Lipinski definition) is 4. The van der Waals surface area contributed by atoms with Crippen LogP contribution in [-0.2, 0) is 13.0 Å².